The van der Waals surface area contributed by atoms with E-state index in [0.717, 1.165) is 16.7 Å². The first-order chi connectivity index (χ1) is 13.3. The third kappa shape index (κ3) is 4.67. The van der Waals surface area contributed by atoms with Gasteiger partial charge in [0.2, 0.25) is 5.91 Å². The van der Waals surface area contributed by atoms with Crippen LogP contribution in [-0.4, -0.2) is 73.2 Å². The molecule has 1 aromatic carbocycles. The van der Waals surface area contributed by atoms with Gasteiger partial charge in [0.05, 0.1) is 26.7 Å². The quantitative estimate of drug-likeness (QED) is 0.747. The lowest BCUT2D eigenvalue weighted by Crippen LogP contribution is -2.69. The molecule has 2 fully saturated rings. The maximum Gasteiger partial charge on any atom is 0.243 e. The highest BCUT2D eigenvalue weighted by Crippen LogP contribution is 2.28. The Labute approximate surface area is 172 Å². The summed E-state index contributed by atoms with van der Waals surface area (Å²) in [7, 11) is 1.67. The molecule has 0 spiro atoms. The van der Waals surface area contributed by atoms with E-state index in [0.29, 0.717) is 63.7 Å². The van der Waals surface area contributed by atoms with Gasteiger partial charge < -0.3 is 15.3 Å². The number of halogens is 1. The van der Waals surface area contributed by atoms with E-state index in [1.807, 2.05) is 36.1 Å². The normalized spacial score (nSPS) is 20.9. The Morgan fingerprint density at radius 3 is 2.32 bits per heavy atom. The van der Waals surface area contributed by atoms with Crippen LogP contribution in [0.3, 0.4) is 0 Å². The summed E-state index contributed by atoms with van der Waals surface area (Å²) in [6.45, 7) is 7.91. The molecule has 0 bridgehead atoms. The lowest BCUT2D eigenvalue weighted by atomic mass is 9.95. The first-order valence-corrected chi connectivity index (χ1v) is 10.2. The van der Waals surface area contributed by atoms with Crippen LogP contribution in [0.2, 0.25) is 5.02 Å². The van der Waals surface area contributed by atoms with E-state index in [1.165, 1.54) is 0 Å². The molecule has 2 saturated heterocycles. The number of ether oxygens (including phenoxy) is 1. The fourth-order valence-electron chi connectivity index (χ4n) is 4.15. The van der Waals surface area contributed by atoms with Crippen LogP contribution >= 0.6 is 11.6 Å². The van der Waals surface area contributed by atoms with Crippen LogP contribution in [0.15, 0.2) is 12.1 Å². The largest absolute Gasteiger partial charge is 0.379 e. The molecule has 0 saturated carbocycles. The van der Waals surface area contributed by atoms with E-state index in [1.54, 1.807) is 7.11 Å². The number of aryl methyl sites for hydroxylation is 2. The van der Waals surface area contributed by atoms with Crippen LogP contribution in [0.1, 0.15) is 29.5 Å². The van der Waals surface area contributed by atoms with Gasteiger partial charge in [0.1, 0.15) is 5.66 Å². The summed E-state index contributed by atoms with van der Waals surface area (Å²) < 4.78 is 5.49. The second-order valence-corrected chi connectivity index (χ2v) is 8.12. The van der Waals surface area contributed by atoms with Crippen molar-refractivity contribution in [2.45, 2.75) is 38.8 Å². The zero-order chi connectivity index (χ0) is 20.3. The molecule has 0 unspecified atom stereocenters. The van der Waals surface area contributed by atoms with Gasteiger partial charge in [0.25, 0.3) is 0 Å². The summed E-state index contributed by atoms with van der Waals surface area (Å²) in [6, 6.07) is 3.82. The topological polar surface area (TPSA) is 71.3 Å². The molecule has 156 valence electrons. The number of carbonyl (C=O) groups is 1. The lowest BCUT2D eigenvalue weighted by molar-refractivity contribution is -0.205. The van der Waals surface area contributed by atoms with E-state index in [4.69, 9.17) is 26.9 Å². The standard InChI is InChI=1S/C20H31ClN4O3/c1-15-12-17(21)13-16(2)18(15)14-19(26)25(23-8-10-28-11-9-23)20(22)4-6-24(27-3)7-5-20/h12-13H,4-11,14,22H2,1-3H3. The van der Waals surface area contributed by atoms with Crippen molar-refractivity contribution < 1.29 is 14.4 Å². The summed E-state index contributed by atoms with van der Waals surface area (Å²) in [6.07, 6.45) is 1.62. The highest BCUT2D eigenvalue weighted by molar-refractivity contribution is 6.30. The molecular weight excluding hydrogens is 380 g/mol. The van der Waals surface area contributed by atoms with Crippen LogP contribution in [0.4, 0.5) is 0 Å². The van der Waals surface area contributed by atoms with Crippen molar-refractivity contribution in [1.29, 1.82) is 0 Å². The van der Waals surface area contributed by atoms with Gasteiger partial charge in [-0.3, -0.25) is 9.80 Å². The van der Waals surface area contributed by atoms with E-state index in [2.05, 4.69) is 5.01 Å². The Morgan fingerprint density at radius 1 is 1.21 bits per heavy atom. The van der Waals surface area contributed by atoms with E-state index in [-0.39, 0.29) is 5.91 Å². The number of carbonyl (C=O) groups excluding carboxylic acids is 1. The van der Waals surface area contributed by atoms with Gasteiger partial charge in [-0.15, -0.1) is 0 Å². The van der Waals surface area contributed by atoms with Crippen LogP contribution in [0.25, 0.3) is 0 Å². The third-order valence-corrected chi connectivity index (χ3v) is 5.98. The van der Waals surface area contributed by atoms with E-state index < -0.39 is 5.66 Å². The number of hydrogen-bond donors (Lipinski definition) is 1. The lowest BCUT2D eigenvalue weighted by Gasteiger charge is -2.50. The number of piperidine rings is 1. The van der Waals surface area contributed by atoms with Crippen molar-refractivity contribution in [2.75, 3.05) is 46.5 Å². The van der Waals surface area contributed by atoms with Gasteiger partial charge in [-0.25, -0.2) is 5.01 Å². The summed E-state index contributed by atoms with van der Waals surface area (Å²) in [5, 5.41) is 6.46. The molecule has 1 amide bonds. The summed E-state index contributed by atoms with van der Waals surface area (Å²) in [5.74, 6) is 0.0174. The van der Waals surface area contributed by atoms with Gasteiger partial charge in [-0.05, 0) is 42.7 Å². The second-order valence-electron chi connectivity index (χ2n) is 7.68. The van der Waals surface area contributed by atoms with Crippen LogP contribution in [0.5, 0.6) is 0 Å². The summed E-state index contributed by atoms with van der Waals surface area (Å²) in [4.78, 5) is 18.9. The average molecular weight is 411 g/mol. The SMILES string of the molecule is CON1CCC(N)(N(C(=O)Cc2c(C)cc(Cl)cc2C)N2CCOCC2)CC1. The predicted molar refractivity (Wildman–Crippen MR) is 109 cm³/mol. The molecule has 3 rings (SSSR count). The van der Waals surface area contributed by atoms with Crippen LogP contribution in [0, 0.1) is 13.8 Å². The van der Waals surface area contributed by atoms with Gasteiger partial charge in [0.15, 0.2) is 0 Å². The molecule has 2 N–H and O–H groups in total. The third-order valence-electron chi connectivity index (χ3n) is 5.76. The number of hydrazine groups is 1. The first-order valence-electron chi connectivity index (χ1n) is 9.83. The maximum atomic E-state index is 13.5. The minimum absolute atomic E-state index is 0.0174. The number of amides is 1. The molecule has 0 aromatic heterocycles. The smallest absolute Gasteiger partial charge is 0.243 e. The molecular formula is C20H31ClN4O3. The van der Waals surface area contributed by atoms with Gasteiger partial charge in [0, 0.05) is 44.0 Å². The molecule has 8 heteroatoms. The van der Waals surface area contributed by atoms with Gasteiger partial charge >= 0.3 is 0 Å². The molecule has 2 aliphatic heterocycles. The number of hydrogen-bond acceptors (Lipinski definition) is 6. The van der Waals surface area contributed by atoms with Crippen LogP contribution < -0.4 is 5.73 Å². The molecule has 2 aliphatic rings. The van der Waals surface area contributed by atoms with Crippen molar-refractivity contribution in [3.63, 3.8) is 0 Å². The van der Waals surface area contributed by atoms with Crippen molar-refractivity contribution in [2.24, 2.45) is 5.73 Å². The molecule has 1 aromatic rings. The van der Waals surface area contributed by atoms with Gasteiger partial charge in [-0.1, -0.05) is 11.6 Å². The average Bonchev–Trinajstić information content (AvgIpc) is 2.66. The monoisotopic (exact) mass is 410 g/mol. The Kier molecular flexibility index (Phi) is 6.96. The maximum absolute atomic E-state index is 13.5. The molecule has 0 radical (unpaired) electrons. The fraction of sp³-hybridized carbons (Fsp3) is 0.650. The number of hydroxylamine groups is 2. The zero-order valence-corrected chi connectivity index (χ0v) is 17.8. The van der Waals surface area contributed by atoms with Crippen molar-refractivity contribution in [3.8, 4) is 0 Å². The van der Waals surface area contributed by atoms with Gasteiger partial charge in [-0.2, -0.15) is 5.06 Å². The van der Waals surface area contributed by atoms with Crippen LogP contribution in [-0.2, 0) is 20.8 Å². The number of rotatable bonds is 5. The molecule has 0 aliphatic carbocycles. The molecule has 0 atom stereocenters. The Bertz CT molecular complexity index is 678. The minimum Gasteiger partial charge on any atom is -0.379 e. The fourth-order valence-corrected chi connectivity index (χ4v) is 4.48. The summed E-state index contributed by atoms with van der Waals surface area (Å²) in [5.41, 5.74) is 9.18. The van der Waals surface area contributed by atoms with Crippen molar-refractivity contribution >= 4 is 17.5 Å². The van der Waals surface area contributed by atoms with E-state index >= 15 is 0 Å². The van der Waals surface area contributed by atoms with Crippen molar-refractivity contribution in [3.05, 3.63) is 33.8 Å². The predicted octanol–water partition coefficient (Wildman–Crippen LogP) is 1.89. The highest BCUT2D eigenvalue weighted by Gasteiger charge is 2.42. The number of nitrogens with zero attached hydrogens (tertiary/aromatic N) is 3. The Morgan fingerprint density at radius 2 is 1.79 bits per heavy atom. The first kappa shape index (κ1) is 21.5. The molecule has 7 nitrogen and oxygen atoms in total. The molecule has 28 heavy (non-hydrogen) atoms. The van der Waals surface area contributed by atoms with Crippen molar-refractivity contribution in [1.82, 2.24) is 15.1 Å². The number of nitrogens with two attached hydrogens (primary N) is 1. The molecule has 2 heterocycles. The zero-order valence-electron chi connectivity index (χ0n) is 17.0. The highest BCUT2D eigenvalue weighted by atomic mass is 35.5. The Hall–Kier alpha value is -1.22. The second kappa shape index (κ2) is 9.07. The van der Waals surface area contributed by atoms with E-state index in [9.17, 15) is 4.79 Å². The minimum atomic E-state index is -0.725. The Balaban J connectivity index is 1.85. The number of benzene rings is 1. The number of morpholine rings is 1. The summed E-state index contributed by atoms with van der Waals surface area (Å²) >= 11 is 6.16.